The summed E-state index contributed by atoms with van der Waals surface area (Å²) in [6.45, 7) is 5.19. The molecule has 0 amide bonds. The highest BCUT2D eigenvalue weighted by atomic mass is 35.5. The molecular formula is C21H26ClN5O7. The maximum Gasteiger partial charge on any atom is 0.303 e. The first-order chi connectivity index (χ1) is 16.2. The molecule has 2 aliphatic rings. The van der Waals surface area contributed by atoms with Crippen molar-refractivity contribution >= 4 is 46.5 Å². The van der Waals surface area contributed by atoms with E-state index in [1.165, 1.54) is 27.1 Å². The van der Waals surface area contributed by atoms with Crippen LogP contribution in [0.3, 0.4) is 0 Å². The predicted octanol–water partition coefficient (Wildman–Crippen LogP) is 1.79. The molecule has 184 valence electrons. The molecule has 0 spiro atoms. The Bertz CT molecular complexity index is 1090. The lowest BCUT2D eigenvalue weighted by Gasteiger charge is -2.40. The third kappa shape index (κ3) is 5.07. The van der Waals surface area contributed by atoms with Crippen LogP contribution in [-0.4, -0.2) is 75.4 Å². The van der Waals surface area contributed by atoms with Gasteiger partial charge in [0.2, 0.25) is 5.28 Å². The first-order valence-corrected chi connectivity index (χ1v) is 11.4. The number of aromatic nitrogens is 4. The number of esters is 3. The number of nitrogens with zero attached hydrogens (tertiary/aromatic N) is 5. The van der Waals surface area contributed by atoms with Crippen molar-refractivity contribution in [3.63, 3.8) is 0 Å². The van der Waals surface area contributed by atoms with Crippen molar-refractivity contribution in [3.05, 3.63) is 11.6 Å². The molecule has 2 aromatic heterocycles. The summed E-state index contributed by atoms with van der Waals surface area (Å²) >= 11 is 6.27. The van der Waals surface area contributed by atoms with Crippen LogP contribution in [0.4, 0.5) is 5.82 Å². The van der Waals surface area contributed by atoms with Gasteiger partial charge in [-0.3, -0.25) is 19.0 Å². The predicted molar refractivity (Wildman–Crippen MR) is 118 cm³/mol. The van der Waals surface area contributed by atoms with Gasteiger partial charge in [0.25, 0.3) is 0 Å². The SMILES string of the molecule is CC(=O)O[C@@H]1[C@H](OC(C)=O)[C@@H](OC(C)=O)CO[C@H]1n1cnc2c(N3CCCCC3)nc(Cl)nc21. The Balaban J connectivity index is 1.76. The molecule has 2 saturated heterocycles. The molecule has 12 nitrogen and oxygen atoms in total. The fourth-order valence-corrected chi connectivity index (χ4v) is 4.51. The molecule has 0 bridgehead atoms. The molecule has 13 heteroatoms. The maximum atomic E-state index is 12.0. The molecule has 0 aliphatic carbocycles. The van der Waals surface area contributed by atoms with Gasteiger partial charge >= 0.3 is 17.9 Å². The Labute approximate surface area is 200 Å². The van der Waals surface area contributed by atoms with E-state index < -0.39 is 42.4 Å². The van der Waals surface area contributed by atoms with E-state index in [9.17, 15) is 14.4 Å². The number of imidazole rings is 1. The molecule has 34 heavy (non-hydrogen) atoms. The van der Waals surface area contributed by atoms with Gasteiger partial charge in [-0.2, -0.15) is 9.97 Å². The number of halogens is 1. The summed E-state index contributed by atoms with van der Waals surface area (Å²) in [5, 5.41) is 0.0315. The van der Waals surface area contributed by atoms with Gasteiger partial charge < -0.3 is 23.8 Å². The van der Waals surface area contributed by atoms with Crippen LogP contribution in [0.15, 0.2) is 6.33 Å². The molecular weight excluding hydrogens is 470 g/mol. The van der Waals surface area contributed by atoms with Gasteiger partial charge in [0.1, 0.15) is 0 Å². The van der Waals surface area contributed by atoms with Crippen LogP contribution in [0.2, 0.25) is 5.28 Å². The van der Waals surface area contributed by atoms with Crippen LogP contribution >= 0.6 is 11.6 Å². The summed E-state index contributed by atoms with van der Waals surface area (Å²) in [5.74, 6) is -1.24. The molecule has 4 atom stereocenters. The van der Waals surface area contributed by atoms with E-state index in [-0.39, 0.29) is 11.9 Å². The van der Waals surface area contributed by atoms with Crippen molar-refractivity contribution in [1.29, 1.82) is 0 Å². The zero-order chi connectivity index (χ0) is 24.4. The number of fused-ring (bicyclic) bond motifs is 1. The number of carbonyl (C=O) groups excluding carboxylic acids is 3. The monoisotopic (exact) mass is 495 g/mol. The summed E-state index contributed by atoms with van der Waals surface area (Å²) in [6.07, 6.45) is 0.487. The molecule has 4 heterocycles. The number of carbonyl (C=O) groups is 3. The number of piperidine rings is 1. The quantitative estimate of drug-likeness (QED) is 0.341. The topological polar surface area (TPSA) is 135 Å². The highest BCUT2D eigenvalue weighted by Gasteiger charge is 2.48. The minimum atomic E-state index is -1.15. The Kier molecular flexibility index (Phi) is 7.17. The Morgan fingerprint density at radius 2 is 1.62 bits per heavy atom. The second-order valence-corrected chi connectivity index (χ2v) is 8.55. The van der Waals surface area contributed by atoms with Gasteiger partial charge in [-0.1, -0.05) is 0 Å². The number of anilines is 1. The van der Waals surface area contributed by atoms with Gasteiger partial charge in [0.05, 0.1) is 12.9 Å². The lowest BCUT2D eigenvalue weighted by atomic mass is 10.0. The zero-order valence-corrected chi connectivity index (χ0v) is 19.9. The van der Waals surface area contributed by atoms with Crippen LogP contribution in [0.25, 0.3) is 11.2 Å². The molecule has 0 saturated carbocycles. The van der Waals surface area contributed by atoms with Gasteiger partial charge in [-0.05, 0) is 30.9 Å². The third-order valence-electron chi connectivity index (χ3n) is 5.63. The molecule has 0 radical (unpaired) electrons. The second-order valence-electron chi connectivity index (χ2n) is 8.21. The van der Waals surface area contributed by atoms with Crippen molar-refractivity contribution < 1.29 is 33.3 Å². The van der Waals surface area contributed by atoms with Gasteiger partial charge in [-0.25, -0.2) is 4.98 Å². The molecule has 0 unspecified atom stereocenters. The van der Waals surface area contributed by atoms with Crippen molar-refractivity contribution in [2.45, 2.75) is 64.6 Å². The first kappa shape index (κ1) is 24.1. The van der Waals surface area contributed by atoms with E-state index in [1.807, 2.05) is 0 Å². The molecule has 2 aliphatic heterocycles. The number of hydrogen-bond acceptors (Lipinski definition) is 11. The minimum absolute atomic E-state index is 0.0315. The standard InChI is InChI=1S/C21H26ClN5O7/c1-11(28)32-14-9-31-20(17(34-13(3)30)16(14)33-12(2)29)27-10-23-15-18(24-21(22)25-19(15)27)26-7-5-4-6-8-26/h10,14,16-17,20H,4-9H2,1-3H3/t14-,16+,17+,20+/m0/s1. The molecule has 2 fully saturated rings. The van der Waals surface area contributed by atoms with E-state index >= 15 is 0 Å². The van der Waals surface area contributed by atoms with E-state index in [1.54, 1.807) is 4.57 Å². The molecule has 0 aromatic carbocycles. The number of ether oxygens (including phenoxy) is 4. The van der Waals surface area contributed by atoms with E-state index in [0.29, 0.717) is 17.0 Å². The van der Waals surface area contributed by atoms with Gasteiger partial charge in [-0.15, -0.1) is 0 Å². The van der Waals surface area contributed by atoms with E-state index in [2.05, 4.69) is 19.9 Å². The Morgan fingerprint density at radius 3 is 2.26 bits per heavy atom. The molecule has 2 aromatic rings. The molecule has 4 rings (SSSR count). The summed E-state index contributed by atoms with van der Waals surface area (Å²) in [4.78, 5) is 50.8. The molecule has 0 N–H and O–H groups in total. The largest absolute Gasteiger partial charge is 0.456 e. The van der Waals surface area contributed by atoms with E-state index in [4.69, 9.17) is 30.5 Å². The van der Waals surface area contributed by atoms with Crippen molar-refractivity contribution in [2.75, 3.05) is 24.6 Å². The zero-order valence-electron chi connectivity index (χ0n) is 19.1. The average molecular weight is 496 g/mol. The highest BCUT2D eigenvalue weighted by molar-refractivity contribution is 6.28. The Hall–Kier alpha value is -2.99. The summed E-state index contributed by atoms with van der Waals surface area (Å²) in [6, 6.07) is 0. The van der Waals surface area contributed by atoms with Crippen molar-refractivity contribution in [2.24, 2.45) is 0 Å². The summed E-state index contributed by atoms with van der Waals surface area (Å²) < 4.78 is 23.7. The summed E-state index contributed by atoms with van der Waals surface area (Å²) in [7, 11) is 0. The van der Waals surface area contributed by atoms with E-state index in [0.717, 1.165) is 32.4 Å². The van der Waals surface area contributed by atoms with Crippen LogP contribution in [0.1, 0.15) is 46.3 Å². The number of rotatable bonds is 5. The maximum absolute atomic E-state index is 12.0. The van der Waals surface area contributed by atoms with Crippen LogP contribution < -0.4 is 4.90 Å². The lowest BCUT2D eigenvalue weighted by Crippen LogP contribution is -2.55. The minimum Gasteiger partial charge on any atom is -0.456 e. The smallest absolute Gasteiger partial charge is 0.303 e. The van der Waals surface area contributed by atoms with Crippen LogP contribution in [-0.2, 0) is 33.3 Å². The second kappa shape index (κ2) is 10.1. The fourth-order valence-electron chi connectivity index (χ4n) is 4.35. The van der Waals surface area contributed by atoms with Crippen LogP contribution in [0, 0.1) is 0 Å². The summed E-state index contributed by atoms with van der Waals surface area (Å²) in [5.41, 5.74) is 0.887. The third-order valence-corrected chi connectivity index (χ3v) is 5.80. The number of hydrogen-bond donors (Lipinski definition) is 0. The Morgan fingerprint density at radius 1 is 0.971 bits per heavy atom. The van der Waals surface area contributed by atoms with Crippen molar-refractivity contribution in [1.82, 2.24) is 19.5 Å². The highest BCUT2D eigenvalue weighted by Crippen LogP contribution is 2.34. The van der Waals surface area contributed by atoms with Crippen LogP contribution in [0.5, 0.6) is 0 Å². The normalized spacial score (nSPS) is 25.1. The van der Waals surface area contributed by atoms with Gasteiger partial charge in [0.15, 0.2) is 41.5 Å². The van der Waals surface area contributed by atoms with Gasteiger partial charge in [0, 0.05) is 33.9 Å². The first-order valence-electron chi connectivity index (χ1n) is 11.0. The fraction of sp³-hybridized carbons (Fsp3) is 0.619. The van der Waals surface area contributed by atoms with Crippen molar-refractivity contribution in [3.8, 4) is 0 Å². The average Bonchev–Trinajstić information content (AvgIpc) is 3.18. The lowest BCUT2D eigenvalue weighted by molar-refractivity contribution is -0.239.